The third-order valence-electron chi connectivity index (χ3n) is 2.73. The van der Waals surface area contributed by atoms with Gasteiger partial charge in [0.25, 0.3) is 0 Å². The van der Waals surface area contributed by atoms with Gasteiger partial charge in [0.2, 0.25) is 0 Å². The van der Waals surface area contributed by atoms with Crippen molar-refractivity contribution in [3.05, 3.63) is 28.2 Å². The maximum absolute atomic E-state index is 5.92. The van der Waals surface area contributed by atoms with E-state index in [0.29, 0.717) is 12.5 Å². The van der Waals surface area contributed by atoms with Crippen molar-refractivity contribution in [3.8, 4) is 5.75 Å². The van der Waals surface area contributed by atoms with Crippen molar-refractivity contribution < 1.29 is 4.74 Å². The van der Waals surface area contributed by atoms with E-state index in [4.69, 9.17) is 10.5 Å². The summed E-state index contributed by atoms with van der Waals surface area (Å²) in [5.74, 6) is 1.41. The normalized spacial score (nSPS) is 10.8. The largest absolute Gasteiger partial charge is 0.496 e. The first-order valence-corrected chi connectivity index (χ1v) is 6.78. The number of guanidine groups is 1. The molecule has 0 aliphatic heterocycles. The van der Waals surface area contributed by atoms with Crippen LogP contribution in [0, 0.1) is 0 Å². The van der Waals surface area contributed by atoms with Gasteiger partial charge >= 0.3 is 0 Å². The summed E-state index contributed by atoms with van der Waals surface area (Å²) in [5, 5.41) is 0. The lowest BCUT2D eigenvalue weighted by Crippen LogP contribution is -2.37. The van der Waals surface area contributed by atoms with Crippen LogP contribution >= 0.6 is 39.9 Å². The molecule has 1 rings (SSSR count). The molecule has 0 saturated carbocycles. The first-order valence-electron chi connectivity index (χ1n) is 5.99. The molecule has 0 unspecified atom stereocenters. The smallest absolute Gasteiger partial charge is 0.191 e. The molecule has 0 aliphatic carbocycles. The average molecular weight is 442 g/mol. The highest BCUT2D eigenvalue weighted by Crippen LogP contribution is 2.25. The second-order valence-electron chi connectivity index (χ2n) is 3.82. The van der Waals surface area contributed by atoms with Crippen LogP contribution in [0.2, 0.25) is 0 Å². The monoisotopic (exact) mass is 441 g/mol. The Hall–Kier alpha value is -0.500. The molecular weight excluding hydrogens is 421 g/mol. The SMILES string of the molecule is CCN(CC)C(N)=NCc1ccc(OC)c(Br)c1.I. The van der Waals surface area contributed by atoms with Crippen LogP contribution < -0.4 is 10.5 Å². The van der Waals surface area contributed by atoms with E-state index in [2.05, 4.69) is 34.8 Å². The molecule has 0 aliphatic rings. The minimum atomic E-state index is 0. The first kappa shape index (κ1) is 18.5. The van der Waals surface area contributed by atoms with Crippen molar-refractivity contribution >= 4 is 45.9 Å². The molecule has 0 fully saturated rings. The Morgan fingerprint density at radius 3 is 2.47 bits per heavy atom. The lowest BCUT2D eigenvalue weighted by molar-refractivity contribution is 0.412. The summed E-state index contributed by atoms with van der Waals surface area (Å²) in [5.41, 5.74) is 7.02. The van der Waals surface area contributed by atoms with Gasteiger partial charge in [-0.2, -0.15) is 0 Å². The van der Waals surface area contributed by atoms with Crippen molar-refractivity contribution in [1.82, 2.24) is 4.90 Å². The fourth-order valence-electron chi connectivity index (χ4n) is 1.63. The summed E-state index contributed by atoms with van der Waals surface area (Å²) in [4.78, 5) is 6.42. The second-order valence-corrected chi connectivity index (χ2v) is 4.67. The Morgan fingerprint density at radius 1 is 1.37 bits per heavy atom. The van der Waals surface area contributed by atoms with Crippen molar-refractivity contribution in [2.75, 3.05) is 20.2 Å². The van der Waals surface area contributed by atoms with Gasteiger partial charge in [0.1, 0.15) is 5.75 Å². The summed E-state index contributed by atoms with van der Waals surface area (Å²) in [7, 11) is 1.65. The zero-order valence-corrected chi connectivity index (χ0v) is 15.4. The molecule has 0 bridgehead atoms. The number of methoxy groups -OCH3 is 1. The molecule has 6 heteroatoms. The number of nitrogens with zero attached hydrogens (tertiary/aromatic N) is 2. The van der Waals surface area contributed by atoms with Crippen LogP contribution in [0.25, 0.3) is 0 Å². The van der Waals surface area contributed by atoms with Crippen molar-refractivity contribution in [2.24, 2.45) is 10.7 Å². The molecule has 1 aromatic rings. The van der Waals surface area contributed by atoms with Gasteiger partial charge in [0.15, 0.2) is 5.96 Å². The molecule has 0 saturated heterocycles. The molecule has 0 aromatic heterocycles. The first-order chi connectivity index (χ1) is 8.62. The number of hydrogen-bond donors (Lipinski definition) is 1. The standard InChI is InChI=1S/C13H20BrN3O.HI/c1-4-17(5-2)13(15)16-9-10-6-7-12(18-3)11(14)8-10;/h6-8H,4-5,9H2,1-3H3,(H2,15,16);1H. The van der Waals surface area contributed by atoms with Crippen molar-refractivity contribution in [3.63, 3.8) is 0 Å². The molecule has 19 heavy (non-hydrogen) atoms. The summed E-state index contributed by atoms with van der Waals surface area (Å²) < 4.78 is 6.11. The quantitative estimate of drug-likeness (QED) is 0.433. The van der Waals surface area contributed by atoms with E-state index in [1.54, 1.807) is 7.11 Å². The van der Waals surface area contributed by atoms with Gasteiger partial charge in [-0.1, -0.05) is 6.07 Å². The van der Waals surface area contributed by atoms with Gasteiger partial charge in [-0.25, -0.2) is 4.99 Å². The fraction of sp³-hybridized carbons (Fsp3) is 0.462. The van der Waals surface area contributed by atoms with E-state index >= 15 is 0 Å². The molecule has 0 spiro atoms. The number of ether oxygens (including phenoxy) is 1. The van der Waals surface area contributed by atoms with Crippen molar-refractivity contribution in [2.45, 2.75) is 20.4 Å². The Bertz CT molecular complexity index is 422. The molecule has 0 heterocycles. The third kappa shape index (κ3) is 5.56. The number of nitrogens with two attached hydrogens (primary N) is 1. The summed E-state index contributed by atoms with van der Waals surface area (Å²) in [6, 6.07) is 5.91. The molecule has 108 valence electrons. The van der Waals surface area contributed by atoms with Crippen molar-refractivity contribution in [1.29, 1.82) is 0 Å². The van der Waals surface area contributed by atoms with Gasteiger partial charge in [-0.05, 0) is 47.5 Å². The molecule has 1 aromatic carbocycles. The van der Waals surface area contributed by atoms with Crippen LogP contribution in [-0.4, -0.2) is 31.1 Å². The Kier molecular flexibility index (Phi) is 9.16. The van der Waals surface area contributed by atoms with Gasteiger partial charge < -0.3 is 15.4 Å². The van der Waals surface area contributed by atoms with Crippen LogP contribution in [0.1, 0.15) is 19.4 Å². The van der Waals surface area contributed by atoms with Crippen LogP contribution in [0.5, 0.6) is 5.75 Å². The van der Waals surface area contributed by atoms with Gasteiger partial charge in [0, 0.05) is 13.1 Å². The Morgan fingerprint density at radius 2 is 2.00 bits per heavy atom. The van der Waals surface area contributed by atoms with Crippen LogP contribution in [0.3, 0.4) is 0 Å². The topological polar surface area (TPSA) is 50.8 Å². The van der Waals surface area contributed by atoms with E-state index in [1.165, 1.54) is 0 Å². The highest BCUT2D eigenvalue weighted by molar-refractivity contribution is 14.0. The molecule has 2 N–H and O–H groups in total. The van der Waals surface area contributed by atoms with Gasteiger partial charge in [-0.3, -0.25) is 0 Å². The zero-order valence-electron chi connectivity index (χ0n) is 11.5. The zero-order chi connectivity index (χ0) is 13.5. The van der Waals surface area contributed by atoms with E-state index in [0.717, 1.165) is 28.9 Å². The molecule has 4 nitrogen and oxygen atoms in total. The second kappa shape index (κ2) is 9.41. The van der Waals surface area contributed by atoms with E-state index in [1.807, 2.05) is 23.1 Å². The molecular formula is C13H21BrIN3O. The maximum Gasteiger partial charge on any atom is 0.191 e. The highest BCUT2D eigenvalue weighted by atomic mass is 127. The predicted octanol–water partition coefficient (Wildman–Crippen LogP) is 3.23. The number of hydrogen-bond acceptors (Lipinski definition) is 2. The Balaban J connectivity index is 0.00000324. The number of benzene rings is 1. The van der Waals surface area contributed by atoms with E-state index < -0.39 is 0 Å². The fourth-order valence-corrected chi connectivity index (χ4v) is 2.22. The average Bonchev–Trinajstić information content (AvgIpc) is 2.38. The predicted molar refractivity (Wildman–Crippen MR) is 94.4 cm³/mol. The molecule has 0 atom stereocenters. The lowest BCUT2D eigenvalue weighted by atomic mass is 10.2. The summed E-state index contributed by atoms with van der Waals surface area (Å²) in [6.07, 6.45) is 0. The number of rotatable bonds is 5. The summed E-state index contributed by atoms with van der Waals surface area (Å²) >= 11 is 3.46. The Labute approximate surface area is 140 Å². The van der Waals surface area contributed by atoms with E-state index in [9.17, 15) is 0 Å². The van der Waals surface area contributed by atoms with Crippen LogP contribution in [0.4, 0.5) is 0 Å². The van der Waals surface area contributed by atoms with Gasteiger partial charge in [-0.15, -0.1) is 24.0 Å². The van der Waals surface area contributed by atoms with E-state index in [-0.39, 0.29) is 24.0 Å². The van der Waals surface area contributed by atoms with Crippen LogP contribution in [0.15, 0.2) is 27.7 Å². The molecule has 0 radical (unpaired) electrons. The maximum atomic E-state index is 5.92. The highest BCUT2D eigenvalue weighted by Gasteiger charge is 2.03. The third-order valence-corrected chi connectivity index (χ3v) is 3.35. The minimum Gasteiger partial charge on any atom is -0.496 e. The minimum absolute atomic E-state index is 0. The van der Waals surface area contributed by atoms with Crippen LogP contribution in [-0.2, 0) is 6.54 Å². The number of halogens is 2. The molecule has 0 amide bonds. The summed E-state index contributed by atoms with van der Waals surface area (Å²) in [6.45, 7) is 6.45. The lowest BCUT2D eigenvalue weighted by Gasteiger charge is -2.19. The number of aliphatic imine (C=N–C) groups is 1. The van der Waals surface area contributed by atoms with Gasteiger partial charge in [0.05, 0.1) is 18.1 Å².